The van der Waals surface area contributed by atoms with Crippen LogP contribution >= 0.6 is 7.82 Å². The standard InChI is InChI=1S/Ca.ClH.K.Na.H3O4P/c;;;;1-5(2,3)4/h;1H;;;(H3,1,2,3,4)/q+2;;2*+1;/p-4. The molecule has 0 aliphatic carbocycles. The van der Waals surface area contributed by atoms with Crippen LogP contribution in [-0.4, -0.2) is 37.7 Å². The van der Waals surface area contributed by atoms with E-state index in [0.717, 1.165) is 0 Å². The first-order valence-electron chi connectivity index (χ1n) is 0.730. The number of rotatable bonds is 0. The zero-order valence-corrected chi connectivity index (χ0v) is 14.1. The Morgan fingerprint density at radius 3 is 1.11 bits per heavy atom. The summed E-state index contributed by atoms with van der Waals surface area (Å²) in [5.74, 6) is 0. The van der Waals surface area contributed by atoms with Gasteiger partial charge in [-0.15, -0.1) is 0 Å². The van der Waals surface area contributed by atoms with E-state index in [2.05, 4.69) is 0 Å². The van der Waals surface area contributed by atoms with Crippen LogP contribution in [0.1, 0.15) is 0 Å². The topological polar surface area (TPSA) is 86.2 Å². The van der Waals surface area contributed by atoms with Crippen LogP contribution in [0.15, 0.2) is 0 Å². The maximum absolute atomic E-state index is 8.55. The predicted molar refractivity (Wildman–Crippen MR) is 13.4 cm³/mol. The van der Waals surface area contributed by atoms with Crippen LogP contribution in [-0.2, 0) is 4.57 Å². The van der Waals surface area contributed by atoms with Crippen molar-refractivity contribution in [2.24, 2.45) is 0 Å². The van der Waals surface area contributed by atoms with Crippen molar-refractivity contribution in [3.63, 3.8) is 0 Å². The Morgan fingerprint density at radius 2 is 1.11 bits per heavy atom. The van der Waals surface area contributed by atoms with Crippen LogP contribution in [0.2, 0.25) is 0 Å². The van der Waals surface area contributed by atoms with E-state index in [-0.39, 0.29) is 131 Å². The summed E-state index contributed by atoms with van der Waals surface area (Å²) < 4.78 is 8.55. The SMILES string of the molecule is O=P([O-])([O-])[O-].[Ca+2].[Cl-].[K+].[Na+]. The van der Waals surface area contributed by atoms with Crippen molar-refractivity contribution in [2.75, 3.05) is 0 Å². The normalized spacial score (nSPS) is 6.56. The van der Waals surface area contributed by atoms with Gasteiger partial charge in [-0.3, -0.25) is 0 Å². The number of hydrogen-bond acceptors (Lipinski definition) is 4. The largest absolute Gasteiger partial charge is 2.00 e. The maximum Gasteiger partial charge on any atom is 2.00 e. The quantitative estimate of drug-likeness (QED) is 0.307. The third kappa shape index (κ3) is 70.6. The monoisotopic (exact) mass is 232 g/mol. The van der Waals surface area contributed by atoms with E-state index in [0.29, 0.717) is 0 Å². The molecule has 0 fully saturated rings. The molecular formula is CaClKNaO4P. The third-order valence-electron chi connectivity index (χ3n) is 0. The minimum absolute atomic E-state index is 0. The van der Waals surface area contributed by atoms with E-state index in [1.165, 1.54) is 0 Å². The summed E-state index contributed by atoms with van der Waals surface area (Å²) in [5, 5.41) is 0. The van der Waals surface area contributed by atoms with Gasteiger partial charge in [0.25, 0.3) is 0 Å². The van der Waals surface area contributed by atoms with Gasteiger partial charge in [-0.05, 0) is 0 Å². The average molecular weight is 233 g/mol. The molecule has 9 heavy (non-hydrogen) atoms. The first kappa shape index (κ1) is 29.2. The van der Waals surface area contributed by atoms with Crippen LogP contribution in [0.25, 0.3) is 0 Å². The van der Waals surface area contributed by atoms with E-state index >= 15 is 0 Å². The molecule has 4 nitrogen and oxygen atoms in total. The van der Waals surface area contributed by atoms with Crippen LogP contribution in [0.4, 0.5) is 0 Å². The Labute approximate surface area is 154 Å². The molecule has 0 saturated carbocycles. The summed E-state index contributed by atoms with van der Waals surface area (Å²) in [7, 11) is -5.39. The van der Waals surface area contributed by atoms with Gasteiger partial charge >= 0.3 is 119 Å². The molecular weight excluding hydrogens is 233 g/mol. The van der Waals surface area contributed by atoms with Crippen molar-refractivity contribution in [3.8, 4) is 0 Å². The Hall–Kier alpha value is 4.30. The molecule has 0 rings (SSSR count). The Bertz CT molecular complexity index is 66.7. The fourth-order valence-electron chi connectivity index (χ4n) is 0. The Kier molecular flexibility index (Phi) is 48.0. The van der Waals surface area contributed by atoms with Gasteiger partial charge in [0.1, 0.15) is 0 Å². The first-order chi connectivity index (χ1) is 2.00. The van der Waals surface area contributed by atoms with Crippen LogP contribution in [0.5, 0.6) is 0 Å². The molecule has 0 aromatic carbocycles. The summed E-state index contributed by atoms with van der Waals surface area (Å²) >= 11 is 0. The van der Waals surface area contributed by atoms with Crippen molar-refractivity contribution in [2.45, 2.75) is 0 Å². The summed E-state index contributed by atoms with van der Waals surface area (Å²) in [6.07, 6.45) is 0. The second kappa shape index (κ2) is 14.8. The molecule has 0 bridgehead atoms. The van der Waals surface area contributed by atoms with Crippen molar-refractivity contribution >= 4 is 45.6 Å². The fourth-order valence-corrected chi connectivity index (χ4v) is 0. The molecule has 0 unspecified atom stereocenters. The van der Waals surface area contributed by atoms with E-state index in [9.17, 15) is 0 Å². The van der Waals surface area contributed by atoms with Crippen LogP contribution < -0.4 is 108 Å². The van der Waals surface area contributed by atoms with E-state index in [4.69, 9.17) is 19.2 Å². The number of phosphoric acid groups is 1. The maximum atomic E-state index is 8.55. The molecule has 0 atom stereocenters. The predicted octanol–water partition coefficient (Wildman–Crippen LogP) is -12.2. The molecule has 0 aromatic heterocycles. The smallest absolute Gasteiger partial charge is 1.00 e. The Balaban J connectivity index is -0.0000000133. The molecule has 0 spiro atoms. The summed E-state index contributed by atoms with van der Waals surface area (Å²) in [6, 6.07) is 0. The minimum Gasteiger partial charge on any atom is -1.00 e. The molecule has 9 heteroatoms. The molecule has 40 valence electrons. The molecule has 0 N–H and O–H groups in total. The Morgan fingerprint density at radius 1 is 1.11 bits per heavy atom. The van der Waals surface area contributed by atoms with Gasteiger partial charge in [0, 0.05) is 0 Å². The van der Waals surface area contributed by atoms with Crippen LogP contribution in [0, 0.1) is 0 Å². The van der Waals surface area contributed by atoms with Gasteiger partial charge in [-0.25, -0.2) is 0 Å². The van der Waals surface area contributed by atoms with E-state index < -0.39 is 7.82 Å². The van der Waals surface area contributed by atoms with Gasteiger partial charge in [0.2, 0.25) is 0 Å². The van der Waals surface area contributed by atoms with Crippen molar-refractivity contribution in [1.29, 1.82) is 0 Å². The van der Waals surface area contributed by atoms with Gasteiger partial charge in [0.15, 0.2) is 0 Å². The summed E-state index contributed by atoms with van der Waals surface area (Å²) in [5.41, 5.74) is 0. The van der Waals surface area contributed by atoms with Gasteiger partial charge in [-0.2, -0.15) is 7.82 Å². The second-order valence-corrected chi connectivity index (χ2v) is 1.34. The summed E-state index contributed by atoms with van der Waals surface area (Å²) in [4.78, 5) is 25.6. The third-order valence-corrected chi connectivity index (χ3v) is 0. The summed E-state index contributed by atoms with van der Waals surface area (Å²) in [6.45, 7) is 0. The van der Waals surface area contributed by atoms with E-state index in [1.54, 1.807) is 0 Å². The first-order valence-corrected chi connectivity index (χ1v) is 2.19. The van der Waals surface area contributed by atoms with Crippen molar-refractivity contribution in [3.05, 3.63) is 0 Å². The molecule has 0 aliphatic rings. The molecule has 0 aromatic rings. The number of hydrogen-bond donors (Lipinski definition) is 0. The molecule has 0 amide bonds. The number of halogens is 1. The average Bonchev–Trinajstić information content (AvgIpc) is 0.722. The molecule has 0 heterocycles. The molecule has 0 saturated heterocycles. The zero-order valence-electron chi connectivity index (χ0n) is 5.17. The molecule has 0 aliphatic heterocycles. The van der Waals surface area contributed by atoms with Gasteiger partial charge < -0.3 is 31.7 Å². The fraction of sp³-hybridized carbons (Fsp3) is 0. The van der Waals surface area contributed by atoms with E-state index in [1.807, 2.05) is 0 Å². The van der Waals surface area contributed by atoms with Crippen molar-refractivity contribution in [1.82, 2.24) is 0 Å². The van der Waals surface area contributed by atoms with Gasteiger partial charge in [0.05, 0.1) is 0 Å². The van der Waals surface area contributed by atoms with Crippen molar-refractivity contribution < 1.29 is 113 Å². The second-order valence-electron chi connectivity index (χ2n) is 0.447. The minimum atomic E-state index is -5.39. The van der Waals surface area contributed by atoms with Crippen LogP contribution in [0.3, 0.4) is 0 Å². The molecule has 0 radical (unpaired) electrons. The zero-order chi connectivity index (χ0) is 4.50. The van der Waals surface area contributed by atoms with Gasteiger partial charge in [-0.1, -0.05) is 0 Å².